The van der Waals surface area contributed by atoms with Crippen molar-refractivity contribution in [3.8, 4) is 0 Å². The Morgan fingerprint density at radius 3 is 2.88 bits per heavy atom. The highest BCUT2D eigenvalue weighted by Gasteiger charge is 2.41. The fourth-order valence-electron chi connectivity index (χ4n) is 3.32. The molecule has 2 nitrogen and oxygen atoms in total. The summed E-state index contributed by atoms with van der Waals surface area (Å²) in [5, 5.41) is 3.52. The van der Waals surface area contributed by atoms with Gasteiger partial charge in [0.1, 0.15) is 0 Å². The molecule has 0 radical (unpaired) electrons. The van der Waals surface area contributed by atoms with Gasteiger partial charge in [0.25, 0.3) is 0 Å². The van der Waals surface area contributed by atoms with Crippen LogP contribution in [0.5, 0.6) is 0 Å². The summed E-state index contributed by atoms with van der Waals surface area (Å²) >= 11 is 0. The van der Waals surface area contributed by atoms with E-state index in [2.05, 4.69) is 47.5 Å². The molecule has 86 valence electrons. The second-order valence-electron chi connectivity index (χ2n) is 5.23. The van der Waals surface area contributed by atoms with Crippen LogP contribution in [0, 0.1) is 5.92 Å². The molecule has 16 heavy (non-hydrogen) atoms. The zero-order chi connectivity index (χ0) is 11.0. The largest absolute Gasteiger partial charge is 0.315 e. The molecule has 1 aromatic carbocycles. The van der Waals surface area contributed by atoms with Crippen LogP contribution >= 0.6 is 0 Å². The molecule has 2 heterocycles. The van der Waals surface area contributed by atoms with Crippen molar-refractivity contribution in [1.82, 2.24) is 10.2 Å². The Kier molecular flexibility index (Phi) is 2.70. The lowest BCUT2D eigenvalue weighted by Crippen LogP contribution is -2.37. The van der Waals surface area contributed by atoms with Crippen LogP contribution in [-0.4, -0.2) is 30.1 Å². The molecule has 2 heteroatoms. The van der Waals surface area contributed by atoms with E-state index in [0.717, 1.165) is 24.5 Å². The quantitative estimate of drug-likeness (QED) is 0.812. The van der Waals surface area contributed by atoms with E-state index in [1.165, 1.54) is 25.1 Å². The summed E-state index contributed by atoms with van der Waals surface area (Å²) in [6.07, 6.45) is 1.37. The van der Waals surface area contributed by atoms with Gasteiger partial charge in [0.05, 0.1) is 0 Å². The number of hydrogen-bond acceptors (Lipinski definition) is 2. The number of benzene rings is 1. The van der Waals surface area contributed by atoms with Gasteiger partial charge >= 0.3 is 0 Å². The van der Waals surface area contributed by atoms with Gasteiger partial charge in [-0.2, -0.15) is 0 Å². The lowest BCUT2D eigenvalue weighted by Gasteiger charge is -2.27. The molecule has 2 saturated heterocycles. The van der Waals surface area contributed by atoms with E-state index in [0.29, 0.717) is 0 Å². The summed E-state index contributed by atoms with van der Waals surface area (Å²) in [7, 11) is 0. The van der Waals surface area contributed by atoms with Crippen molar-refractivity contribution in [2.24, 2.45) is 5.92 Å². The fraction of sp³-hybridized carbons (Fsp3) is 0.571. The second-order valence-corrected chi connectivity index (χ2v) is 5.23. The number of likely N-dealkylation sites (tertiary alicyclic amines) is 1. The van der Waals surface area contributed by atoms with Gasteiger partial charge in [0, 0.05) is 25.2 Å². The van der Waals surface area contributed by atoms with Crippen LogP contribution in [0.4, 0.5) is 0 Å². The molecular weight excluding hydrogens is 196 g/mol. The molecule has 0 amide bonds. The van der Waals surface area contributed by atoms with E-state index in [-0.39, 0.29) is 0 Å². The summed E-state index contributed by atoms with van der Waals surface area (Å²) in [4.78, 5) is 2.68. The third-order valence-electron chi connectivity index (χ3n) is 4.15. The number of rotatable bonds is 2. The first kappa shape index (κ1) is 10.3. The van der Waals surface area contributed by atoms with Crippen LogP contribution < -0.4 is 5.32 Å². The molecule has 0 aliphatic carbocycles. The molecule has 0 aromatic heterocycles. The van der Waals surface area contributed by atoms with E-state index >= 15 is 0 Å². The third kappa shape index (κ3) is 1.76. The highest BCUT2D eigenvalue weighted by atomic mass is 15.3. The molecule has 0 bridgehead atoms. The lowest BCUT2D eigenvalue weighted by atomic mass is 10.0. The van der Waals surface area contributed by atoms with Crippen LogP contribution in [0.15, 0.2) is 30.3 Å². The summed E-state index contributed by atoms with van der Waals surface area (Å²) in [5.74, 6) is 0.888. The van der Waals surface area contributed by atoms with Crippen LogP contribution in [0.2, 0.25) is 0 Å². The highest BCUT2D eigenvalue weighted by molar-refractivity contribution is 5.15. The molecule has 1 aromatic rings. The number of hydrogen-bond donors (Lipinski definition) is 1. The highest BCUT2D eigenvalue weighted by Crippen LogP contribution is 2.33. The Hall–Kier alpha value is -0.860. The van der Waals surface area contributed by atoms with Crippen molar-refractivity contribution in [1.29, 1.82) is 0 Å². The van der Waals surface area contributed by atoms with Crippen molar-refractivity contribution < 1.29 is 0 Å². The van der Waals surface area contributed by atoms with Crippen molar-refractivity contribution >= 4 is 0 Å². The molecular formula is C14H20N2. The van der Waals surface area contributed by atoms with Crippen molar-refractivity contribution in [3.63, 3.8) is 0 Å². The average molecular weight is 216 g/mol. The van der Waals surface area contributed by atoms with Crippen molar-refractivity contribution in [2.45, 2.75) is 32.0 Å². The minimum absolute atomic E-state index is 0.748. The topological polar surface area (TPSA) is 15.3 Å². The normalized spacial score (nSPS) is 34.2. The zero-order valence-corrected chi connectivity index (χ0v) is 9.89. The average Bonchev–Trinajstić information content (AvgIpc) is 2.84. The maximum atomic E-state index is 3.52. The summed E-state index contributed by atoms with van der Waals surface area (Å²) in [6, 6.07) is 12.4. The monoisotopic (exact) mass is 216 g/mol. The van der Waals surface area contributed by atoms with Gasteiger partial charge < -0.3 is 5.32 Å². The zero-order valence-electron chi connectivity index (χ0n) is 9.89. The van der Waals surface area contributed by atoms with Crippen molar-refractivity contribution in [2.75, 3.05) is 13.1 Å². The van der Waals surface area contributed by atoms with Crippen LogP contribution in [-0.2, 0) is 6.54 Å². The molecule has 1 N–H and O–H groups in total. The smallest absolute Gasteiger partial charge is 0.0267 e. The van der Waals surface area contributed by atoms with E-state index < -0.39 is 0 Å². The Morgan fingerprint density at radius 2 is 2.06 bits per heavy atom. The van der Waals surface area contributed by atoms with E-state index in [9.17, 15) is 0 Å². The van der Waals surface area contributed by atoms with Crippen LogP contribution in [0.3, 0.4) is 0 Å². The molecule has 2 aliphatic rings. The Balaban J connectivity index is 1.74. The standard InChI is InChI=1S/C14H20N2/c1-11-7-13-8-15-9-14(13)16(11)10-12-5-3-2-4-6-12/h2-6,11,13-15H,7-10H2,1H3/t11-,13-,14-/m0/s1. The Morgan fingerprint density at radius 1 is 1.25 bits per heavy atom. The van der Waals surface area contributed by atoms with Gasteiger partial charge in [0.15, 0.2) is 0 Å². The number of fused-ring (bicyclic) bond motifs is 1. The molecule has 2 fully saturated rings. The predicted molar refractivity (Wildman–Crippen MR) is 66.2 cm³/mol. The molecule has 3 atom stereocenters. The first-order chi connectivity index (χ1) is 7.84. The third-order valence-corrected chi connectivity index (χ3v) is 4.15. The van der Waals surface area contributed by atoms with E-state index in [1.54, 1.807) is 0 Å². The van der Waals surface area contributed by atoms with E-state index in [1.807, 2.05) is 0 Å². The minimum Gasteiger partial charge on any atom is -0.315 e. The van der Waals surface area contributed by atoms with Crippen LogP contribution in [0.25, 0.3) is 0 Å². The number of nitrogens with one attached hydrogen (secondary N) is 1. The number of nitrogens with zero attached hydrogens (tertiary/aromatic N) is 1. The van der Waals surface area contributed by atoms with Gasteiger partial charge in [-0.3, -0.25) is 4.90 Å². The summed E-state index contributed by atoms with van der Waals surface area (Å²) in [5.41, 5.74) is 1.45. The van der Waals surface area contributed by atoms with Gasteiger partial charge in [-0.25, -0.2) is 0 Å². The molecule has 2 aliphatic heterocycles. The molecule has 0 saturated carbocycles. The van der Waals surface area contributed by atoms with Gasteiger partial charge in [-0.15, -0.1) is 0 Å². The summed E-state index contributed by atoms with van der Waals surface area (Å²) < 4.78 is 0. The maximum absolute atomic E-state index is 3.52. The van der Waals surface area contributed by atoms with Crippen molar-refractivity contribution in [3.05, 3.63) is 35.9 Å². The first-order valence-corrected chi connectivity index (χ1v) is 6.35. The molecule has 0 spiro atoms. The van der Waals surface area contributed by atoms with Gasteiger partial charge in [0.2, 0.25) is 0 Å². The predicted octanol–water partition coefficient (Wildman–Crippen LogP) is 1.87. The lowest BCUT2D eigenvalue weighted by molar-refractivity contribution is 0.195. The first-order valence-electron chi connectivity index (χ1n) is 6.35. The van der Waals surface area contributed by atoms with Crippen LogP contribution in [0.1, 0.15) is 18.9 Å². The molecule has 3 rings (SSSR count). The second kappa shape index (κ2) is 4.19. The fourth-order valence-corrected chi connectivity index (χ4v) is 3.32. The minimum atomic E-state index is 0.748. The Labute approximate surface area is 97.6 Å². The Bertz CT molecular complexity index is 349. The van der Waals surface area contributed by atoms with Gasteiger partial charge in [-0.05, 0) is 31.4 Å². The van der Waals surface area contributed by atoms with E-state index in [4.69, 9.17) is 0 Å². The molecule has 0 unspecified atom stereocenters. The SMILES string of the molecule is C[C@H]1C[C@H]2CNC[C@@H]2N1Cc1ccccc1. The maximum Gasteiger partial charge on any atom is 0.0267 e. The summed E-state index contributed by atoms with van der Waals surface area (Å²) in [6.45, 7) is 5.90. The van der Waals surface area contributed by atoms with Gasteiger partial charge in [-0.1, -0.05) is 30.3 Å².